The number of aliphatic hydroxyl groups is 1. The Morgan fingerprint density at radius 2 is 1.67 bits per heavy atom. The molecule has 24 heavy (non-hydrogen) atoms. The van der Waals surface area contributed by atoms with Gasteiger partial charge in [0.05, 0.1) is 18.8 Å². The van der Waals surface area contributed by atoms with Gasteiger partial charge in [0.1, 0.15) is 6.10 Å². The lowest BCUT2D eigenvalue weighted by atomic mass is 10.1. The first kappa shape index (κ1) is 22.6. The monoisotopic (exact) mass is 436 g/mol. The molecule has 1 heterocycles. The molecule has 0 saturated carbocycles. The number of phosphoric acid groups is 3. The van der Waals surface area contributed by atoms with E-state index in [0.29, 0.717) is 0 Å². The topological polar surface area (TPSA) is 216 Å². The summed E-state index contributed by atoms with van der Waals surface area (Å²) in [6.45, 7) is 0.927. The molecule has 0 amide bonds. The van der Waals surface area contributed by atoms with E-state index >= 15 is 0 Å². The third-order valence-electron chi connectivity index (χ3n) is 2.42. The number of ether oxygens (including phenoxy) is 1. The molecule has 0 radical (unpaired) electrons. The Kier molecular flexibility index (Phi) is 7.97. The maximum Gasteiger partial charge on any atom is 0.490 e. The van der Waals surface area contributed by atoms with Crippen molar-refractivity contribution in [2.45, 2.75) is 31.7 Å². The normalized spacial score (nSPS) is 33.3. The van der Waals surface area contributed by atoms with Crippen molar-refractivity contribution in [1.29, 1.82) is 0 Å². The van der Waals surface area contributed by atoms with Gasteiger partial charge in [-0.2, -0.15) is 8.62 Å². The number of aliphatic hydroxyl groups excluding tert-OH is 1. The van der Waals surface area contributed by atoms with Gasteiger partial charge in [-0.05, 0) is 6.92 Å². The molecule has 0 bridgehead atoms. The molecule has 0 aromatic carbocycles. The highest BCUT2D eigenvalue weighted by molar-refractivity contribution is 7.68. The van der Waals surface area contributed by atoms with Crippen molar-refractivity contribution < 1.29 is 65.1 Å². The van der Waals surface area contributed by atoms with Gasteiger partial charge in [-0.15, -0.1) is 0 Å². The van der Waals surface area contributed by atoms with Crippen LogP contribution in [0.5, 0.6) is 0 Å². The summed E-state index contributed by atoms with van der Waals surface area (Å²) in [5, 5.41) is 9.54. The van der Waals surface area contributed by atoms with Crippen LogP contribution in [0.25, 0.3) is 0 Å². The van der Waals surface area contributed by atoms with Crippen molar-refractivity contribution in [3.05, 3.63) is 0 Å². The Morgan fingerprint density at radius 1 is 1.12 bits per heavy atom. The van der Waals surface area contributed by atoms with Crippen molar-refractivity contribution in [2.24, 2.45) is 0 Å². The highest BCUT2D eigenvalue weighted by Crippen LogP contribution is 2.69. The Balaban J connectivity index is 2.61. The van der Waals surface area contributed by atoms with Gasteiger partial charge in [0.15, 0.2) is 0 Å². The molecule has 0 aromatic heterocycles. The second-order valence-corrected chi connectivity index (χ2v) is 10.1. The smallest absolute Gasteiger partial charge is 0.390 e. The zero-order valence-electron chi connectivity index (χ0n) is 11.9. The Hall–Kier alpha value is 0.520. The third-order valence-corrected chi connectivity index (χ3v) is 7.74. The van der Waals surface area contributed by atoms with Crippen LogP contribution in [0, 0.1) is 0 Å². The molecule has 0 spiro atoms. The minimum absolute atomic E-state index is 0.234. The summed E-state index contributed by atoms with van der Waals surface area (Å²) in [6.07, 6.45) is -2.13. The number of phosphoric ester groups is 1. The van der Waals surface area contributed by atoms with E-state index in [1.807, 2.05) is 0 Å². The second-order valence-electron chi connectivity index (χ2n) is 4.51. The second kappa shape index (κ2) is 8.47. The van der Waals surface area contributed by atoms with Crippen LogP contribution in [0.4, 0.5) is 0 Å². The van der Waals surface area contributed by atoms with E-state index in [1.54, 1.807) is 6.92 Å². The molecular weight excluding hydrogens is 420 g/mol. The maximum absolute atomic E-state index is 11.5. The number of rotatable bonds is 9. The maximum atomic E-state index is 11.5. The number of hydrogen-bond donors (Lipinski definition) is 5. The number of hydrogen-bond acceptors (Lipinski definition) is 10. The highest BCUT2D eigenvalue weighted by Gasteiger charge is 2.43. The molecule has 1 saturated heterocycles. The van der Waals surface area contributed by atoms with Crippen LogP contribution in [0.2, 0.25) is 0 Å². The first-order valence-electron chi connectivity index (χ1n) is 6.03. The van der Waals surface area contributed by atoms with E-state index in [0.717, 1.165) is 0 Å². The van der Waals surface area contributed by atoms with Crippen molar-refractivity contribution in [2.75, 3.05) is 6.61 Å². The fraction of sp³-hybridized carbons (Fsp3) is 1.00. The van der Waals surface area contributed by atoms with Crippen molar-refractivity contribution >= 4 is 31.7 Å². The summed E-state index contributed by atoms with van der Waals surface area (Å²) in [5.41, 5.74) is 0. The van der Waals surface area contributed by atoms with Crippen LogP contribution in [0.3, 0.4) is 0 Å². The molecule has 1 aliphatic rings. The molecule has 7 atom stereocenters. The van der Waals surface area contributed by atoms with Crippen LogP contribution >= 0.6 is 31.7 Å². The van der Waals surface area contributed by atoms with Crippen LogP contribution in [-0.2, 0) is 40.5 Å². The van der Waals surface area contributed by atoms with Crippen molar-refractivity contribution in [1.82, 2.24) is 0 Å². The van der Waals surface area contributed by atoms with Gasteiger partial charge in [-0.3, -0.25) is 9.09 Å². The first-order valence-corrected chi connectivity index (χ1v) is 11.8. The molecule has 1 rings (SSSR count). The van der Waals surface area contributed by atoms with Crippen LogP contribution < -0.4 is 0 Å². The van der Waals surface area contributed by atoms with Crippen molar-refractivity contribution in [3.63, 3.8) is 0 Å². The zero-order valence-corrected chi connectivity index (χ0v) is 15.6. The zero-order chi connectivity index (χ0) is 18.8. The fourth-order valence-corrected chi connectivity index (χ4v) is 5.89. The minimum Gasteiger partial charge on any atom is -0.390 e. The largest absolute Gasteiger partial charge is 0.490 e. The summed E-state index contributed by atoms with van der Waals surface area (Å²) < 4.78 is 64.4. The third kappa shape index (κ3) is 8.27. The molecule has 18 heteroatoms. The summed E-state index contributed by atoms with van der Waals surface area (Å²) in [4.78, 5) is 35.6. The van der Waals surface area contributed by atoms with E-state index in [-0.39, 0.29) is 12.5 Å². The van der Waals surface area contributed by atoms with E-state index in [1.165, 1.54) is 0 Å². The molecule has 1 fully saturated rings. The Bertz CT molecular complexity index is 604. The average molecular weight is 436 g/mol. The quantitative estimate of drug-likeness (QED) is 0.307. The van der Waals surface area contributed by atoms with Gasteiger partial charge in [-0.1, -0.05) is 0 Å². The van der Waals surface area contributed by atoms with Crippen LogP contribution in [0.15, 0.2) is 0 Å². The van der Waals surface area contributed by atoms with Gasteiger partial charge in [0.2, 0.25) is 0 Å². The molecule has 5 unspecified atom stereocenters. The summed E-state index contributed by atoms with van der Waals surface area (Å²) in [7, 11) is -20.5. The lowest BCUT2D eigenvalue weighted by molar-refractivity contribution is -0.0167. The lowest BCUT2D eigenvalue weighted by Crippen LogP contribution is -2.26. The first-order chi connectivity index (χ1) is 10.7. The molecule has 0 aliphatic carbocycles. The van der Waals surface area contributed by atoms with Crippen LogP contribution in [0.1, 0.15) is 13.3 Å². The molecule has 5 N–H and O–H groups in total. The van der Waals surface area contributed by atoms with E-state index in [9.17, 15) is 28.3 Å². The Morgan fingerprint density at radius 3 is 2.12 bits per heavy atom. The SMILES string of the molecule is C[C@H]1CC(O)[C@@H](COP(=O)(O)OP(=O)(O)OP(=O)(O)O[PH](=O)O)O1. The average Bonchev–Trinajstić information content (AvgIpc) is 2.60. The van der Waals surface area contributed by atoms with E-state index in [2.05, 4.69) is 17.5 Å². The summed E-state index contributed by atoms with van der Waals surface area (Å²) in [5.74, 6) is 0. The molecular formula is C6H16O14P4. The van der Waals surface area contributed by atoms with Crippen LogP contribution in [-0.4, -0.2) is 49.6 Å². The van der Waals surface area contributed by atoms with E-state index < -0.39 is 50.5 Å². The molecule has 14 nitrogen and oxygen atoms in total. The van der Waals surface area contributed by atoms with Gasteiger partial charge in [0, 0.05) is 6.42 Å². The Labute approximate surface area is 136 Å². The van der Waals surface area contributed by atoms with Gasteiger partial charge in [-0.25, -0.2) is 18.0 Å². The minimum atomic E-state index is -5.69. The predicted molar refractivity (Wildman–Crippen MR) is 74.9 cm³/mol. The fourth-order valence-electron chi connectivity index (χ4n) is 1.67. The van der Waals surface area contributed by atoms with Crippen molar-refractivity contribution in [3.8, 4) is 0 Å². The highest BCUT2D eigenvalue weighted by atomic mass is 31.3. The lowest BCUT2D eigenvalue weighted by Gasteiger charge is -2.19. The predicted octanol–water partition coefficient (Wildman–Crippen LogP) is 0.274. The summed E-state index contributed by atoms with van der Waals surface area (Å²) in [6, 6.07) is 0. The molecule has 1 aliphatic heterocycles. The summed E-state index contributed by atoms with van der Waals surface area (Å²) >= 11 is 0. The molecule has 0 aromatic rings. The standard InChI is InChI=1S/C6H16O14P4/c1-4-2-5(7)6(17-4)3-16-22(10,11)19-24(14,15)20-23(12,13)18-21(8)9/h4-7,21H,2-3H2,1H3,(H,8,9)(H,10,11)(H,12,13)(H,14,15)/t4-,5?,6+/m0/s1. The van der Waals surface area contributed by atoms with E-state index in [4.69, 9.17) is 19.4 Å². The van der Waals surface area contributed by atoms with Gasteiger partial charge in [0.25, 0.3) is 0 Å². The molecule has 144 valence electrons. The van der Waals surface area contributed by atoms with Gasteiger partial charge >= 0.3 is 31.7 Å². The van der Waals surface area contributed by atoms with Gasteiger partial charge < -0.3 is 29.4 Å².